The predicted molar refractivity (Wildman–Crippen MR) is 119 cm³/mol. The number of benzene rings is 2. The van der Waals surface area contributed by atoms with Gasteiger partial charge in [0.05, 0.1) is 0 Å². The van der Waals surface area contributed by atoms with Gasteiger partial charge in [-0.05, 0) is 75.0 Å². The van der Waals surface area contributed by atoms with Crippen LogP contribution in [0.4, 0.5) is 0 Å². The van der Waals surface area contributed by atoms with Crippen LogP contribution in [-0.4, -0.2) is 50.1 Å². The Morgan fingerprint density at radius 1 is 0.519 bits per heavy atom. The van der Waals surface area contributed by atoms with E-state index in [4.69, 9.17) is 0 Å². The molecule has 2 aliphatic rings. The van der Waals surface area contributed by atoms with Crippen molar-refractivity contribution in [3.05, 3.63) is 70.8 Å². The summed E-state index contributed by atoms with van der Waals surface area (Å²) in [5.41, 5.74) is 6.20. The second-order valence-corrected chi connectivity index (χ2v) is 7.50. The lowest BCUT2D eigenvalue weighted by atomic mass is 9.98. The van der Waals surface area contributed by atoms with Crippen LogP contribution < -0.4 is 0 Å². The van der Waals surface area contributed by atoms with E-state index in [0.29, 0.717) is 0 Å². The molecule has 0 fully saturated rings. The summed E-state index contributed by atoms with van der Waals surface area (Å²) in [6.45, 7) is 8.86. The van der Waals surface area contributed by atoms with Crippen LogP contribution in [0.15, 0.2) is 48.5 Å². The Morgan fingerprint density at radius 2 is 0.852 bits per heavy atom. The van der Waals surface area contributed by atoms with E-state index in [2.05, 4.69) is 72.4 Å². The van der Waals surface area contributed by atoms with Crippen LogP contribution in [-0.2, 0) is 25.7 Å². The molecule has 2 aliphatic heterocycles. The number of nitrogens with zero attached hydrogens (tertiary/aromatic N) is 2. The van der Waals surface area contributed by atoms with Gasteiger partial charge in [0.2, 0.25) is 0 Å². The van der Waals surface area contributed by atoms with Gasteiger partial charge < -0.3 is 9.80 Å². The minimum atomic E-state index is 1.21. The van der Waals surface area contributed by atoms with E-state index in [0.717, 1.165) is 0 Å². The van der Waals surface area contributed by atoms with E-state index < -0.39 is 0 Å². The number of hydrogen-bond donors (Lipinski definition) is 0. The van der Waals surface area contributed by atoms with Gasteiger partial charge in [-0.2, -0.15) is 0 Å². The highest BCUT2D eigenvalue weighted by Crippen LogP contribution is 2.15. The Labute approximate surface area is 167 Å². The van der Waals surface area contributed by atoms with Crippen LogP contribution in [0.3, 0.4) is 0 Å². The molecule has 2 heteroatoms. The van der Waals surface area contributed by atoms with Crippen molar-refractivity contribution in [2.75, 3.05) is 40.3 Å². The van der Waals surface area contributed by atoms with Gasteiger partial charge in [-0.1, -0.05) is 62.4 Å². The fourth-order valence-electron chi connectivity index (χ4n) is 3.79. The molecule has 0 bridgehead atoms. The highest BCUT2D eigenvalue weighted by molar-refractivity contribution is 5.29. The summed E-state index contributed by atoms with van der Waals surface area (Å²) in [5, 5.41) is 0. The number of fused-ring (bicyclic) bond motifs is 2. The molecule has 148 valence electrons. The second-order valence-electron chi connectivity index (χ2n) is 7.50. The van der Waals surface area contributed by atoms with Crippen LogP contribution in [0.1, 0.15) is 42.5 Å². The molecule has 0 aliphatic carbocycles. The Hall–Kier alpha value is -1.64. The van der Waals surface area contributed by atoms with Gasteiger partial charge in [0.15, 0.2) is 0 Å². The van der Waals surface area contributed by atoms with E-state index in [-0.39, 0.29) is 0 Å². The van der Waals surface area contributed by atoms with E-state index in [9.17, 15) is 0 Å². The van der Waals surface area contributed by atoms with E-state index >= 15 is 0 Å². The van der Waals surface area contributed by atoms with Crippen LogP contribution in [0.25, 0.3) is 0 Å². The molecular weight excluding hydrogens is 328 g/mol. The lowest BCUT2D eigenvalue weighted by molar-refractivity contribution is 0.327. The molecule has 0 N–H and O–H groups in total. The topological polar surface area (TPSA) is 6.48 Å². The molecule has 0 atom stereocenters. The summed E-state index contributed by atoms with van der Waals surface area (Å²) in [6.07, 6.45) is 6.19. The second kappa shape index (κ2) is 11.9. The van der Waals surface area contributed by atoms with E-state index in [1.54, 1.807) is 22.3 Å². The average molecular weight is 367 g/mol. The molecule has 0 saturated carbocycles. The minimum Gasteiger partial charge on any atom is -0.306 e. The van der Waals surface area contributed by atoms with Crippen molar-refractivity contribution < 1.29 is 0 Å². The third kappa shape index (κ3) is 7.12. The van der Waals surface area contributed by atoms with E-state index in [1.807, 2.05) is 13.8 Å². The van der Waals surface area contributed by atoms with Gasteiger partial charge in [-0.25, -0.2) is 0 Å². The lowest BCUT2D eigenvalue weighted by Gasteiger charge is -2.21. The fourth-order valence-corrected chi connectivity index (χ4v) is 3.79. The van der Waals surface area contributed by atoms with Crippen molar-refractivity contribution in [3.8, 4) is 0 Å². The predicted octanol–water partition coefficient (Wildman–Crippen LogP) is 4.85. The number of hydrogen-bond acceptors (Lipinski definition) is 2. The normalized spacial score (nSPS) is 17.5. The van der Waals surface area contributed by atoms with Crippen molar-refractivity contribution in [2.45, 2.75) is 46.0 Å². The highest BCUT2D eigenvalue weighted by Gasteiger charge is 2.09. The number of rotatable bonds is 0. The molecule has 27 heavy (non-hydrogen) atoms. The Balaban J connectivity index is 0.000000178. The van der Waals surface area contributed by atoms with Crippen molar-refractivity contribution in [2.24, 2.45) is 0 Å². The Morgan fingerprint density at radius 3 is 1.26 bits per heavy atom. The zero-order valence-corrected chi connectivity index (χ0v) is 17.9. The van der Waals surface area contributed by atoms with Gasteiger partial charge >= 0.3 is 0 Å². The van der Waals surface area contributed by atoms with Crippen LogP contribution >= 0.6 is 0 Å². The molecule has 2 aromatic rings. The zero-order valence-electron chi connectivity index (χ0n) is 17.9. The molecule has 0 saturated heterocycles. The molecule has 0 radical (unpaired) electrons. The molecule has 0 spiro atoms. The minimum absolute atomic E-state index is 1.21. The number of aryl methyl sites for hydroxylation is 1. The first-order valence-corrected chi connectivity index (χ1v) is 10.7. The Kier molecular flexibility index (Phi) is 9.58. The zero-order chi connectivity index (χ0) is 19.5. The van der Waals surface area contributed by atoms with Gasteiger partial charge in [-0.15, -0.1) is 0 Å². The monoisotopic (exact) mass is 366 g/mol. The smallest absolute Gasteiger partial charge is 0.00190 e. The van der Waals surface area contributed by atoms with Crippen LogP contribution in [0, 0.1) is 0 Å². The van der Waals surface area contributed by atoms with Gasteiger partial charge in [0.1, 0.15) is 0 Å². The van der Waals surface area contributed by atoms with Gasteiger partial charge in [0.25, 0.3) is 0 Å². The first-order valence-electron chi connectivity index (χ1n) is 10.7. The maximum absolute atomic E-state index is 2.43. The highest BCUT2D eigenvalue weighted by atomic mass is 15.1. The first-order chi connectivity index (χ1) is 13.2. The van der Waals surface area contributed by atoms with Gasteiger partial charge in [-0.3, -0.25) is 0 Å². The maximum Gasteiger partial charge on any atom is 0.00190 e. The summed E-state index contributed by atoms with van der Waals surface area (Å²) in [7, 11) is 4.42. The van der Waals surface area contributed by atoms with Crippen LogP contribution in [0.2, 0.25) is 0 Å². The van der Waals surface area contributed by atoms with Crippen LogP contribution in [0.5, 0.6) is 0 Å². The van der Waals surface area contributed by atoms with Crippen molar-refractivity contribution in [3.63, 3.8) is 0 Å². The summed E-state index contributed by atoms with van der Waals surface area (Å²) in [6, 6.07) is 17.7. The Bertz CT molecular complexity index is 638. The molecule has 2 aromatic carbocycles. The summed E-state index contributed by atoms with van der Waals surface area (Å²) in [5.74, 6) is 0. The maximum atomic E-state index is 2.43. The fraction of sp³-hybridized carbons (Fsp3) is 0.520. The van der Waals surface area contributed by atoms with Crippen molar-refractivity contribution in [1.29, 1.82) is 0 Å². The largest absolute Gasteiger partial charge is 0.306 e. The molecule has 2 heterocycles. The van der Waals surface area contributed by atoms with Gasteiger partial charge in [0, 0.05) is 19.6 Å². The summed E-state index contributed by atoms with van der Waals surface area (Å²) in [4.78, 5) is 4.83. The average Bonchev–Trinajstić information content (AvgIpc) is 2.89. The third-order valence-electron chi connectivity index (χ3n) is 5.51. The summed E-state index contributed by atoms with van der Waals surface area (Å²) >= 11 is 0. The summed E-state index contributed by atoms with van der Waals surface area (Å²) < 4.78 is 0. The molecular formula is C25H38N2. The first kappa shape index (κ1) is 21.7. The molecule has 4 rings (SSSR count). The SMILES string of the molecule is CC.CN1CCCc2ccccc2CC1.CN1CCc2ccccc2CC1. The molecule has 2 nitrogen and oxygen atoms in total. The third-order valence-corrected chi connectivity index (χ3v) is 5.51. The number of likely N-dealkylation sites (N-methyl/N-ethyl adjacent to an activating group) is 2. The van der Waals surface area contributed by atoms with E-state index in [1.165, 1.54) is 58.3 Å². The molecule has 0 amide bonds. The quantitative estimate of drug-likeness (QED) is 0.657. The molecule has 0 unspecified atom stereocenters. The standard InChI is InChI=1S/C12H17N.C11H15N.C2H6/c1-13-9-4-7-11-5-2-3-6-12(11)8-10-13;1-12-8-6-10-4-2-3-5-11(10)7-9-12;1-2/h2-3,5-6H,4,7-10H2,1H3;2-5H,6-9H2,1H3;1-2H3. The van der Waals surface area contributed by atoms with Crippen molar-refractivity contribution in [1.82, 2.24) is 9.80 Å². The lowest BCUT2D eigenvalue weighted by Crippen LogP contribution is -2.25. The van der Waals surface area contributed by atoms with Crippen molar-refractivity contribution >= 4 is 0 Å². The molecule has 0 aromatic heterocycles.